The average molecular weight is 664 g/mol. The van der Waals surface area contributed by atoms with E-state index in [1.54, 1.807) is 12.1 Å². The molecule has 49 heavy (non-hydrogen) atoms. The molecule has 4 aromatic carbocycles. The highest BCUT2D eigenvalue weighted by atomic mass is 16.6. The second-order valence-corrected chi connectivity index (χ2v) is 12.7. The number of nitrogens with one attached hydrogen (secondary N) is 1. The fourth-order valence-corrected chi connectivity index (χ4v) is 6.50. The molecular formula is C41H49N3O5. The Morgan fingerprint density at radius 2 is 1.59 bits per heavy atom. The van der Waals surface area contributed by atoms with Gasteiger partial charge < -0.3 is 24.8 Å². The van der Waals surface area contributed by atoms with Crippen LogP contribution >= 0.6 is 0 Å². The lowest BCUT2D eigenvalue weighted by Crippen LogP contribution is -2.41. The van der Waals surface area contributed by atoms with Gasteiger partial charge in [-0.1, -0.05) is 99.1 Å². The summed E-state index contributed by atoms with van der Waals surface area (Å²) in [6.45, 7) is 7.06. The van der Waals surface area contributed by atoms with Crippen LogP contribution in [-0.2, 0) is 42.0 Å². The van der Waals surface area contributed by atoms with Gasteiger partial charge in [-0.3, -0.25) is 10.1 Å². The molecule has 258 valence electrons. The molecule has 1 fully saturated rings. The van der Waals surface area contributed by atoms with E-state index in [1.165, 1.54) is 18.4 Å². The van der Waals surface area contributed by atoms with Crippen LogP contribution in [0.15, 0.2) is 97.1 Å². The number of amides is 1. The number of ether oxygens (including phenoxy) is 3. The Labute approximate surface area is 290 Å². The maximum atomic E-state index is 13.5. The number of nitrogens with zero attached hydrogens (tertiary/aromatic N) is 1. The summed E-state index contributed by atoms with van der Waals surface area (Å²) in [5.74, 6) is 0.496. The third kappa shape index (κ3) is 10.4. The van der Waals surface area contributed by atoms with Crippen LogP contribution in [0.2, 0.25) is 0 Å². The van der Waals surface area contributed by atoms with E-state index in [2.05, 4.69) is 30.1 Å². The molecule has 0 saturated carbocycles. The number of esters is 1. The molecule has 1 saturated heterocycles. The summed E-state index contributed by atoms with van der Waals surface area (Å²) in [5, 5.41) is 2.87. The number of anilines is 1. The molecule has 1 aliphatic rings. The minimum Gasteiger partial charge on any atom is -0.485 e. The zero-order valence-electron chi connectivity index (χ0n) is 28.7. The normalized spacial score (nSPS) is 15.3. The molecular weight excluding hydrogens is 614 g/mol. The molecule has 2 atom stereocenters. The Bertz CT molecular complexity index is 1640. The molecule has 1 heterocycles. The van der Waals surface area contributed by atoms with E-state index in [0.717, 1.165) is 54.6 Å². The van der Waals surface area contributed by atoms with Crippen molar-refractivity contribution in [2.45, 2.75) is 84.1 Å². The first-order valence-corrected chi connectivity index (χ1v) is 17.5. The zero-order chi connectivity index (χ0) is 34.4. The molecule has 8 heteroatoms. The number of benzene rings is 4. The predicted octanol–water partition coefficient (Wildman–Crippen LogP) is 7.86. The SMILES string of the molecule is CCCN1CCCC[C@H]1Cc1ccc(OCc2ccccc2)c(OC(=O)Nc2cccc(C[C@H](N)C(=O)OCc3ccccc3)c2)c1CC. The van der Waals surface area contributed by atoms with Gasteiger partial charge in [0.25, 0.3) is 0 Å². The summed E-state index contributed by atoms with van der Waals surface area (Å²) in [4.78, 5) is 28.7. The van der Waals surface area contributed by atoms with Gasteiger partial charge in [0.05, 0.1) is 0 Å². The smallest absolute Gasteiger partial charge is 0.417 e. The van der Waals surface area contributed by atoms with E-state index in [0.29, 0.717) is 36.3 Å². The second kappa shape index (κ2) is 18.2. The van der Waals surface area contributed by atoms with Crippen LogP contribution in [0, 0.1) is 0 Å². The van der Waals surface area contributed by atoms with Gasteiger partial charge in [-0.2, -0.15) is 0 Å². The molecule has 0 aliphatic carbocycles. The van der Waals surface area contributed by atoms with Crippen LogP contribution in [0.3, 0.4) is 0 Å². The number of likely N-dealkylation sites (tertiary alicyclic amines) is 1. The summed E-state index contributed by atoms with van der Waals surface area (Å²) in [6, 6.07) is 30.4. The quantitative estimate of drug-likeness (QED) is 0.125. The van der Waals surface area contributed by atoms with Crippen LogP contribution in [0.4, 0.5) is 10.5 Å². The summed E-state index contributed by atoms with van der Waals surface area (Å²) in [5.41, 5.74) is 11.6. The summed E-state index contributed by atoms with van der Waals surface area (Å²) < 4.78 is 17.8. The third-order valence-corrected chi connectivity index (χ3v) is 8.98. The maximum Gasteiger partial charge on any atom is 0.417 e. The van der Waals surface area contributed by atoms with Crippen LogP contribution in [0.25, 0.3) is 0 Å². The highest BCUT2D eigenvalue weighted by Gasteiger charge is 2.25. The molecule has 8 nitrogen and oxygen atoms in total. The number of hydrogen-bond donors (Lipinski definition) is 2. The van der Waals surface area contributed by atoms with E-state index in [-0.39, 0.29) is 13.0 Å². The molecule has 0 unspecified atom stereocenters. The first-order chi connectivity index (χ1) is 23.9. The first-order valence-electron chi connectivity index (χ1n) is 17.5. The Morgan fingerprint density at radius 3 is 2.31 bits per heavy atom. The van der Waals surface area contributed by atoms with E-state index in [4.69, 9.17) is 19.9 Å². The van der Waals surface area contributed by atoms with E-state index >= 15 is 0 Å². The minimum absolute atomic E-state index is 0.163. The van der Waals surface area contributed by atoms with Gasteiger partial charge in [-0.05, 0) is 92.1 Å². The van der Waals surface area contributed by atoms with Crippen molar-refractivity contribution in [1.29, 1.82) is 0 Å². The Hall–Kier alpha value is -4.66. The number of carbonyl (C=O) groups excluding carboxylic acids is 2. The predicted molar refractivity (Wildman–Crippen MR) is 194 cm³/mol. The lowest BCUT2D eigenvalue weighted by atomic mass is 9.91. The summed E-state index contributed by atoms with van der Waals surface area (Å²) in [6.07, 6.45) is 5.99. The molecule has 4 aromatic rings. The standard InChI is InChI=1S/C41H49N3O5/c1-3-23-44-24-12-11-20-35(44)27-33-21-22-38(47-28-30-14-7-5-8-15-30)39(36(33)4-2)49-41(46)43-34-19-13-18-32(25-34)26-37(42)40(45)48-29-31-16-9-6-10-17-31/h5-10,13-19,21-22,25,35,37H,3-4,11-12,20,23-24,26-29,42H2,1-2H3,(H,43,46)/t35-,37-/m0/s1. The van der Waals surface area contributed by atoms with Crippen LogP contribution < -0.4 is 20.5 Å². The highest BCUT2D eigenvalue weighted by Crippen LogP contribution is 2.37. The molecule has 0 spiro atoms. The van der Waals surface area contributed by atoms with Crippen molar-refractivity contribution >= 4 is 17.7 Å². The van der Waals surface area contributed by atoms with Crippen molar-refractivity contribution in [3.05, 3.63) is 125 Å². The van der Waals surface area contributed by atoms with E-state index in [9.17, 15) is 9.59 Å². The Balaban J connectivity index is 1.29. The Morgan fingerprint density at radius 1 is 0.878 bits per heavy atom. The zero-order valence-corrected chi connectivity index (χ0v) is 28.7. The van der Waals surface area contributed by atoms with Gasteiger partial charge in [0.2, 0.25) is 0 Å². The van der Waals surface area contributed by atoms with Crippen LogP contribution in [0.5, 0.6) is 11.5 Å². The summed E-state index contributed by atoms with van der Waals surface area (Å²) >= 11 is 0. The van der Waals surface area contributed by atoms with Gasteiger partial charge in [0.15, 0.2) is 11.5 Å². The molecule has 1 aliphatic heterocycles. The number of rotatable bonds is 15. The van der Waals surface area contributed by atoms with Crippen molar-refractivity contribution in [2.75, 3.05) is 18.4 Å². The number of piperidine rings is 1. The topological polar surface area (TPSA) is 103 Å². The average Bonchev–Trinajstić information content (AvgIpc) is 3.12. The number of carbonyl (C=O) groups is 2. The van der Waals surface area contributed by atoms with Crippen LogP contribution in [-0.4, -0.2) is 42.1 Å². The molecule has 1 amide bonds. The molecule has 0 aromatic heterocycles. The van der Waals surface area contributed by atoms with Gasteiger partial charge in [-0.25, -0.2) is 4.79 Å². The van der Waals surface area contributed by atoms with Crippen molar-refractivity contribution < 1.29 is 23.8 Å². The number of nitrogens with two attached hydrogens (primary N) is 1. The van der Waals surface area contributed by atoms with Gasteiger partial charge in [0, 0.05) is 17.3 Å². The van der Waals surface area contributed by atoms with Crippen molar-refractivity contribution in [3.8, 4) is 11.5 Å². The summed E-state index contributed by atoms with van der Waals surface area (Å²) in [7, 11) is 0. The lowest BCUT2D eigenvalue weighted by Gasteiger charge is -2.36. The molecule has 0 radical (unpaired) electrons. The molecule has 3 N–H and O–H groups in total. The van der Waals surface area contributed by atoms with Crippen molar-refractivity contribution in [1.82, 2.24) is 4.90 Å². The molecule has 5 rings (SSSR count). The Kier molecular flexibility index (Phi) is 13.2. The second-order valence-electron chi connectivity index (χ2n) is 12.7. The van der Waals surface area contributed by atoms with Crippen LogP contribution in [0.1, 0.15) is 67.3 Å². The van der Waals surface area contributed by atoms with Gasteiger partial charge in [0.1, 0.15) is 19.3 Å². The van der Waals surface area contributed by atoms with Gasteiger partial charge >= 0.3 is 12.1 Å². The number of hydrogen-bond acceptors (Lipinski definition) is 7. The maximum absolute atomic E-state index is 13.5. The third-order valence-electron chi connectivity index (χ3n) is 8.98. The first kappa shape index (κ1) is 35.6. The lowest BCUT2D eigenvalue weighted by molar-refractivity contribution is -0.146. The van der Waals surface area contributed by atoms with Crippen molar-refractivity contribution in [3.63, 3.8) is 0 Å². The minimum atomic E-state index is -0.845. The van der Waals surface area contributed by atoms with Crippen molar-refractivity contribution in [2.24, 2.45) is 5.73 Å². The monoisotopic (exact) mass is 663 g/mol. The highest BCUT2D eigenvalue weighted by molar-refractivity contribution is 5.87. The molecule has 0 bridgehead atoms. The van der Waals surface area contributed by atoms with Gasteiger partial charge in [-0.15, -0.1) is 0 Å². The fraction of sp³-hybridized carbons (Fsp3) is 0.366. The largest absolute Gasteiger partial charge is 0.485 e. The van der Waals surface area contributed by atoms with E-state index < -0.39 is 18.1 Å². The fourth-order valence-electron chi connectivity index (χ4n) is 6.50. The van der Waals surface area contributed by atoms with E-state index in [1.807, 2.05) is 78.9 Å².